The van der Waals surface area contributed by atoms with E-state index < -0.39 is 5.97 Å². The summed E-state index contributed by atoms with van der Waals surface area (Å²) < 4.78 is 4.10. The maximum Gasteiger partial charge on any atom is 0.335 e. The fourth-order valence-electron chi connectivity index (χ4n) is 5.23. The lowest BCUT2D eigenvalue weighted by molar-refractivity contribution is 0.0696. The molecule has 1 saturated heterocycles. The van der Waals surface area contributed by atoms with Crippen LogP contribution in [0.3, 0.4) is 0 Å². The zero-order valence-electron chi connectivity index (χ0n) is 22.9. The Morgan fingerprint density at radius 1 is 1.00 bits per heavy atom. The summed E-state index contributed by atoms with van der Waals surface area (Å²) in [6.07, 6.45) is 1.89. The van der Waals surface area contributed by atoms with Gasteiger partial charge in [0.2, 0.25) is 0 Å². The van der Waals surface area contributed by atoms with Gasteiger partial charge in [0, 0.05) is 40.9 Å². The van der Waals surface area contributed by atoms with Crippen LogP contribution in [0.25, 0.3) is 0 Å². The number of aromatic hydroxyl groups is 1. The Bertz CT molecular complexity index is 1150. The van der Waals surface area contributed by atoms with Crippen molar-refractivity contribution in [3.63, 3.8) is 0 Å². The molecule has 7 heteroatoms. The quantitative estimate of drug-likeness (QED) is 0.381. The number of phenolic OH excluding ortho intramolecular Hbond substituents is 1. The molecule has 1 aliphatic heterocycles. The summed E-state index contributed by atoms with van der Waals surface area (Å²) >= 11 is 6.12. The Balaban J connectivity index is 1.97. The second-order valence-corrected chi connectivity index (χ2v) is 12.3. The lowest BCUT2D eigenvalue weighted by Gasteiger charge is -2.28. The zero-order chi connectivity index (χ0) is 27.7. The van der Waals surface area contributed by atoms with Gasteiger partial charge >= 0.3 is 5.97 Å². The van der Waals surface area contributed by atoms with Crippen LogP contribution in [0.2, 0.25) is 0 Å². The molecule has 2 aromatic rings. The van der Waals surface area contributed by atoms with Gasteiger partial charge < -0.3 is 15.1 Å². The highest BCUT2D eigenvalue weighted by Gasteiger charge is 2.40. The predicted octanol–water partition coefficient (Wildman–Crippen LogP) is 6.94. The van der Waals surface area contributed by atoms with Crippen LogP contribution in [0.4, 0.5) is 0 Å². The fourth-order valence-corrected chi connectivity index (χ4v) is 5.44. The number of carboxylic acid groups (broad SMARTS) is 1. The van der Waals surface area contributed by atoms with Gasteiger partial charge in [0.1, 0.15) is 11.6 Å². The Morgan fingerprint density at radius 3 is 1.97 bits per heavy atom. The highest BCUT2D eigenvalue weighted by atomic mass is 35.5. The van der Waals surface area contributed by atoms with E-state index in [1.165, 1.54) is 0 Å². The molecule has 1 aliphatic rings. The van der Waals surface area contributed by atoms with Crippen molar-refractivity contribution < 1.29 is 19.8 Å². The topological polar surface area (TPSA) is 90.2 Å². The Kier molecular flexibility index (Phi) is 8.43. The molecule has 2 atom stereocenters. The number of phenols is 1. The summed E-state index contributed by atoms with van der Waals surface area (Å²) in [5, 5.41) is 20.3. The number of carbonyl (C=O) groups excluding carboxylic acids is 1. The molecule has 0 spiro atoms. The van der Waals surface area contributed by atoms with Gasteiger partial charge in [-0.05, 0) is 53.0 Å². The summed E-state index contributed by atoms with van der Waals surface area (Å²) in [4.78, 5) is 26.9. The highest BCUT2D eigenvalue weighted by Crippen LogP contribution is 2.41. The Morgan fingerprint density at radius 2 is 1.54 bits per heavy atom. The number of benzene rings is 2. The maximum atomic E-state index is 13.7. The number of amidine groups is 1. The molecular weight excluding hydrogens is 488 g/mol. The molecule has 0 saturated carbocycles. The SMILES string of the molecule is CCC[C@H]1CN(CC(=O)c2cc(C(C)(C)C)c(O)c(C(C)(C)C)c2)C(=NCl)[C@@H]1c1ccc(C(=O)O)cc1. The molecule has 37 heavy (non-hydrogen) atoms. The van der Waals surface area contributed by atoms with Crippen molar-refractivity contribution in [2.45, 2.75) is 78.1 Å². The number of carboxylic acids is 1. The summed E-state index contributed by atoms with van der Waals surface area (Å²) in [6, 6.07) is 10.4. The molecule has 2 N–H and O–H groups in total. The normalized spacial score (nSPS) is 19.5. The van der Waals surface area contributed by atoms with E-state index in [9.17, 15) is 19.8 Å². The van der Waals surface area contributed by atoms with Crippen LogP contribution in [0.5, 0.6) is 5.75 Å². The smallest absolute Gasteiger partial charge is 0.335 e. The number of Topliss-reactive ketones (excluding diaryl/α,β-unsaturated/α-hetero) is 1. The van der Waals surface area contributed by atoms with E-state index in [0.717, 1.165) is 29.5 Å². The lowest BCUT2D eigenvalue weighted by atomic mass is 9.78. The molecule has 0 amide bonds. The Hall–Kier alpha value is -2.86. The molecule has 6 nitrogen and oxygen atoms in total. The number of hydrogen-bond donors (Lipinski definition) is 2. The van der Waals surface area contributed by atoms with Gasteiger partial charge in [0.05, 0.1) is 12.1 Å². The third-order valence-electron chi connectivity index (χ3n) is 7.17. The van der Waals surface area contributed by atoms with Crippen LogP contribution < -0.4 is 0 Å². The second kappa shape index (κ2) is 10.9. The number of aromatic carboxylic acids is 1. The minimum Gasteiger partial charge on any atom is -0.507 e. The van der Waals surface area contributed by atoms with Gasteiger partial charge in [-0.25, -0.2) is 4.79 Å². The molecule has 3 rings (SSSR count). The number of carbonyl (C=O) groups is 2. The average molecular weight is 527 g/mol. The van der Waals surface area contributed by atoms with Crippen molar-refractivity contribution in [3.05, 3.63) is 64.2 Å². The van der Waals surface area contributed by atoms with Gasteiger partial charge in [-0.2, -0.15) is 4.51 Å². The van der Waals surface area contributed by atoms with E-state index in [2.05, 4.69) is 11.4 Å². The monoisotopic (exact) mass is 526 g/mol. The van der Waals surface area contributed by atoms with E-state index >= 15 is 0 Å². The number of ketones is 1. The van der Waals surface area contributed by atoms with Crippen LogP contribution in [-0.4, -0.2) is 45.8 Å². The highest BCUT2D eigenvalue weighted by molar-refractivity contribution is 6.21. The van der Waals surface area contributed by atoms with E-state index in [4.69, 9.17) is 11.8 Å². The molecular formula is C30H39ClN2O4. The fraction of sp³-hybridized carbons (Fsp3) is 0.500. The maximum absolute atomic E-state index is 13.7. The summed E-state index contributed by atoms with van der Waals surface area (Å²) in [7, 11) is 0. The number of halogens is 1. The van der Waals surface area contributed by atoms with Crippen molar-refractivity contribution in [1.29, 1.82) is 0 Å². The summed E-state index contributed by atoms with van der Waals surface area (Å²) in [6.45, 7) is 15.0. The van der Waals surface area contributed by atoms with E-state index in [0.29, 0.717) is 17.9 Å². The van der Waals surface area contributed by atoms with Gasteiger partial charge in [-0.3, -0.25) is 4.79 Å². The van der Waals surface area contributed by atoms with Crippen molar-refractivity contribution >= 4 is 29.4 Å². The molecule has 0 aromatic heterocycles. The van der Waals surface area contributed by atoms with Gasteiger partial charge in [0.15, 0.2) is 5.78 Å². The zero-order valence-corrected chi connectivity index (χ0v) is 23.7. The van der Waals surface area contributed by atoms with Crippen molar-refractivity contribution in [2.75, 3.05) is 13.1 Å². The molecule has 1 heterocycles. The van der Waals surface area contributed by atoms with Crippen LogP contribution in [0.15, 0.2) is 40.9 Å². The van der Waals surface area contributed by atoms with Crippen LogP contribution in [0, 0.1) is 5.92 Å². The minimum atomic E-state index is -0.973. The predicted molar refractivity (Wildman–Crippen MR) is 149 cm³/mol. The molecule has 0 radical (unpaired) electrons. The van der Waals surface area contributed by atoms with Crippen molar-refractivity contribution in [1.82, 2.24) is 4.90 Å². The first-order chi connectivity index (χ1) is 17.2. The number of nitrogens with zero attached hydrogens (tertiary/aromatic N) is 2. The first-order valence-electron chi connectivity index (χ1n) is 12.9. The van der Waals surface area contributed by atoms with Gasteiger partial charge in [0.25, 0.3) is 0 Å². The first kappa shape index (κ1) is 28.7. The molecule has 1 fully saturated rings. The lowest BCUT2D eigenvalue weighted by Crippen LogP contribution is -2.32. The summed E-state index contributed by atoms with van der Waals surface area (Å²) in [5.74, 6) is -0.0918. The van der Waals surface area contributed by atoms with E-state index in [1.807, 2.05) is 70.7 Å². The number of hydrogen-bond acceptors (Lipinski definition) is 4. The second-order valence-electron chi connectivity index (χ2n) is 12.1. The van der Waals surface area contributed by atoms with E-state index in [1.54, 1.807) is 12.1 Å². The average Bonchev–Trinajstić information content (AvgIpc) is 3.14. The largest absolute Gasteiger partial charge is 0.507 e. The molecule has 0 bridgehead atoms. The first-order valence-corrected chi connectivity index (χ1v) is 13.2. The molecule has 0 aliphatic carbocycles. The van der Waals surface area contributed by atoms with Crippen LogP contribution in [-0.2, 0) is 10.8 Å². The Labute approximate surface area is 225 Å². The molecule has 2 aromatic carbocycles. The van der Waals surface area contributed by atoms with Crippen molar-refractivity contribution in [2.24, 2.45) is 10.4 Å². The minimum absolute atomic E-state index is 0.0639. The third-order valence-corrected chi connectivity index (χ3v) is 7.35. The summed E-state index contributed by atoms with van der Waals surface area (Å²) in [5.41, 5.74) is 2.54. The number of likely N-dealkylation sites (tertiary alicyclic amines) is 1. The van der Waals surface area contributed by atoms with Crippen LogP contribution in [0.1, 0.15) is 105 Å². The van der Waals surface area contributed by atoms with Crippen LogP contribution >= 0.6 is 11.8 Å². The van der Waals surface area contributed by atoms with Gasteiger partial charge in [-0.15, -0.1) is 0 Å². The standard InChI is InChI=1S/C30H39ClN2O4/c1-8-9-20-16-33(27(32-31)25(20)18-10-12-19(13-11-18)28(36)37)17-24(34)21-14-22(29(2,3)4)26(35)23(15-21)30(5,6)7/h10-15,20,25,35H,8-9,16-17H2,1-7H3,(H,36,37)/t20-,25+/m0/s1. The molecule has 200 valence electrons. The third kappa shape index (κ3) is 6.18. The number of rotatable bonds is 7. The van der Waals surface area contributed by atoms with Crippen molar-refractivity contribution in [3.8, 4) is 5.75 Å². The van der Waals surface area contributed by atoms with E-state index in [-0.39, 0.29) is 46.3 Å². The van der Waals surface area contributed by atoms with Gasteiger partial charge in [-0.1, -0.05) is 67.0 Å². The molecule has 0 unspecified atom stereocenters.